The molecule has 3 heterocycles. The van der Waals surface area contributed by atoms with Crippen molar-refractivity contribution in [3.63, 3.8) is 0 Å². The number of aromatic amines is 2. The van der Waals surface area contributed by atoms with E-state index in [1.54, 1.807) is 13.3 Å². The first-order chi connectivity index (χ1) is 18.3. The molecular weight excluding hydrogens is 485 g/mol. The number of fused-ring (bicyclic) bond motifs is 1. The largest absolute Gasteiger partial charge is 0.493 e. The third-order valence-electron chi connectivity index (χ3n) is 6.77. The third-order valence-corrected chi connectivity index (χ3v) is 6.77. The molecule has 2 aromatic carbocycles. The number of carbonyl (C=O) groups is 1. The topological polar surface area (TPSA) is 122 Å². The average Bonchev–Trinajstić information content (AvgIpc) is 3.38. The van der Waals surface area contributed by atoms with Gasteiger partial charge in [-0.2, -0.15) is 0 Å². The summed E-state index contributed by atoms with van der Waals surface area (Å²) in [7, 11) is 1.63. The maximum Gasteiger partial charge on any atom is 0.351 e. The van der Waals surface area contributed by atoms with E-state index >= 15 is 0 Å². The molecule has 0 aliphatic carbocycles. The molecule has 4 aromatic rings. The van der Waals surface area contributed by atoms with Gasteiger partial charge < -0.3 is 15.8 Å². The minimum atomic E-state index is -0.673. The van der Waals surface area contributed by atoms with Gasteiger partial charge in [0.2, 0.25) is 11.5 Å². The molecule has 0 atom stereocenters. The minimum Gasteiger partial charge on any atom is -0.493 e. The zero-order valence-corrected chi connectivity index (χ0v) is 21.6. The Balaban J connectivity index is 1.45. The number of amides is 1. The molecule has 0 bridgehead atoms. The van der Waals surface area contributed by atoms with Crippen LogP contribution in [0.25, 0.3) is 16.6 Å². The number of primary amides is 1. The Bertz CT molecular complexity index is 1530. The summed E-state index contributed by atoms with van der Waals surface area (Å²) in [6.07, 6.45) is 5.02. The fraction of sp³-hybridized carbons (Fsp3) is 0.250. The highest BCUT2D eigenvalue weighted by Gasteiger charge is 2.20. The minimum absolute atomic E-state index is 0.157. The number of benzene rings is 2. The summed E-state index contributed by atoms with van der Waals surface area (Å²) in [5.41, 5.74) is 9.71. The molecule has 1 aliphatic heterocycles. The number of rotatable bonds is 8. The molecule has 1 amide bonds. The second-order valence-corrected chi connectivity index (χ2v) is 9.49. The fourth-order valence-corrected chi connectivity index (χ4v) is 4.64. The highest BCUT2D eigenvalue weighted by molar-refractivity contribution is 6.00. The number of hydrogen-bond acceptors (Lipinski definition) is 6. The SMILES string of the molecule is COc1cc(C2=CCN(C(C)C)CC2)ccc1Nc1nc(Nc2cc(F)ccc2C(N)=O)c2cc[nH]c2[nH+]1. The first-order valence-electron chi connectivity index (χ1n) is 12.5. The molecule has 0 fully saturated rings. The number of methoxy groups -OCH3 is 1. The number of halogens is 1. The molecule has 2 aromatic heterocycles. The molecule has 1 aliphatic rings. The summed E-state index contributed by atoms with van der Waals surface area (Å²) in [6, 6.07) is 12.2. The van der Waals surface area contributed by atoms with Crippen LogP contribution in [0.4, 0.5) is 27.5 Å². The van der Waals surface area contributed by atoms with Crippen molar-refractivity contribution in [2.75, 3.05) is 30.8 Å². The van der Waals surface area contributed by atoms with Gasteiger partial charge in [-0.3, -0.25) is 20.0 Å². The summed E-state index contributed by atoms with van der Waals surface area (Å²) < 4.78 is 19.7. The van der Waals surface area contributed by atoms with Gasteiger partial charge in [0, 0.05) is 25.3 Å². The quantitative estimate of drug-likeness (QED) is 0.271. The number of anilines is 4. The van der Waals surface area contributed by atoms with Crippen molar-refractivity contribution in [2.24, 2.45) is 5.73 Å². The lowest BCUT2D eigenvalue weighted by Crippen LogP contribution is -2.34. The molecule has 5 rings (SSSR count). The molecule has 0 radical (unpaired) electrons. The number of aromatic nitrogens is 3. The number of carbonyl (C=O) groups excluding carboxylic acids is 1. The maximum atomic E-state index is 14.0. The molecule has 9 nitrogen and oxygen atoms in total. The molecule has 196 valence electrons. The lowest BCUT2D eigenvalue weighted by atomic mass is 9.98. The van der Waals surface area contributed by atoms with E-state index in [0.29, 0.717) is 29.2 Å². The van der Waals surface area contributed by atoms with E-state index in [9.17, 15) is 9.18 Å². The van der Waals surface area contributed by atoms with Crippen LogP contribution in [0.3, 0.4) is 0 Å². The smallest absolute Gasteiger partial charge is 0.351 e. The second-order valence-electron chi connectivity index (χ2n) is 9.49. The Morgan fingerprint density at radius 1 is 1.18 bits per heavy atom. The van der Waals surface area contributed by atoms with Crippen molar-refractivity contribution >= 4 is 45.7 Å². The zero-order chi connectivity index (χ0) is 26.8. The van der Waals surface area contributed by atoms with Crippen molar-refractivity contribution in [2.45, 2.75) is 26.3 Å². The monoisotopic (exact) mass is 516 g/mol. The van der Waals surface area contributed by atoms with Crippen LogP contribution in [0, 0.1) is 5.82 Å². The first kappa shape index (κ1) is 25.2. The van der Waals surface area contributed by atoms with E-state index in [4.69, 9.17) is 10.5 Å². The molecule has 0 saturated carbocycles. The molecule has 0 saturated heterocycles. The Hall–Kier alpha value is -4.44. The lowest BCUT2D eigenvalue weighted by Gasteiger charge is -2.29. The van der Waals surface area contributed by atoms with Crippen LogP contribution in [0.2, 0.25) is 0 Å². The van der Waals surface area contributed by atoms with E-state index in [1.165, 1.54) is 23.8 Å². The standard InChI is InChI=1S/C28H30FN7O2/c1-16(2)36-12-9-17(10-13-36)18-4-7-22(24(14-18)38-3)33-28-34-26-21(8-11-31-26)27(35-28)32-23-15-19(29)5-6-20(23)25(30)37/h4-9,11,14-16H,10,12-13H2,1-3H3,(H2,30,37)(H3,31,32,33,34,35)/p+1. The number of hydrogen-bond donors (Lipinski definition) is 4. The predicted octanol–water partition coefficient (Wildman–Crippen LogP) is 4.61. The van der Waals surface area contributed by atoms with Crippen molar-refractivity contribution < 1.29 is 18.9 Å². The van der Waals surface area contributed by atoms with Gasteiger partial charge in [-0.25, -0.2) is 9.37 Å². The number of H-pyrrole nitrogens is 2. The maximum absolute atomic E-state index is 14.0. The summed E-state index contributed by atoms with van der Waals surface area (Å²) in [6.45, 7) is 6.39. The third kappa shape index (κ3) is 5.16. The normalized spacial score (nSPS) is 14.0. The van der Waals surface area contributed by atoms with E-state index in [0.717, 1.165) is 36.1 Å². The summed E-state index contributed by atoms with van der Waals surface area (Å²) in [4.78, 5) is 25.3. The van der Waals surface area contributed by atoms with Crippen LogP contribution in [0.1, 0.15) is 36.2 Å². The van der Waals surface area contributed by atoms with Crippen LogP contribution >= 0.6 is 0 Å². The molecule has 6 N–H and O–H groups in total. The first-order valence-corrected chi connectivity index (χ1v) is 12.5. The Kier molecular flexibility index (Phi) is 6.97. The highest BCUT2D eigenvalue weighted by atomic mass is 19.1. The lowest BCUT2D eigenvalue weighted by molar-refractivity contribution is -0.333. The van der Waals surface area contributed by atoms with Gasteiger partial charge >= 0.3 is 5.95 Å². The molecular formula is C28H31FN7O2+. The summed E-state index contributed by atoms with van der Waals surface area (Å²) >= 11 is 0. The van der Waals surface area contributed by atoms with E-state index in [-0.39, 0.29) is 11.3 Å². The molecule has 0 spiro atoms. The van der Waals surface area contributed by atoms with Crippen LogP contribution in [-0.4, -0.2) is 47.0 Å². The zero-order valence-electron chi connectivity index (χ0n) is 21.6. The van der Waals surface area contributed by atoms with Gasteiger partial charge in [0.15, 0.2) is 5.75 Å². The van der Waals surface area contributed by atoms with Gasteiger partial charge in [-0.05, 0) is 67.8 Å². The predicted molar refractivity (Wildman–Crippen MR) is 146 cm³/mol. The van der Waals surface area contributed by atoms with Crippen LogP contribution in [0.15, 0.2) is 54.7 Å². The van der Waals surface area contributed by atoms with E-state index in [1.807, 2.05) is 18.2 Å². The van der Waals surface area contributed by atoms with Gasteiger partial charge in [-0.1, -0.05) is 17.1 Å². The Morgan fingerprint density at radius 2 is 2.03 bits per heavy atom. The van der Waals surface area contributed by atoms with Crippen molar-refractivity contribution in [1.29, 1.82) is 0 Å². The Morgan fingerprint density at radius 3 is 2.74 bits per heavy atom. The van der Waals surface area contributed by atoms with Crippen LogP contribution in [0.5, 0.6) is 5.75 Å². The molecule has 0 unspecified atom stereocenters. The van der Waals surface area contributed by atoms with E-state index in [2.05, 4.69) is 56.5 Å². The number of nitrogens with two attached hydrogens (primary N) is 1. The summed E-state index contributed by atoms with van der Waals surface area (Å²) in [5.74, 6) is 0.322. The van der Waals surface area contributed by atoms with E-state index < -0.39 is 11.7 Å². The number of ether oxygens (including phenoxy) is 1. The number of nitrogens with zero attached hydrogens (tertiary/aromatic N) is 2. The number of nitrogens with one attached hydrogen (secondary N) is 4. The average molecular weight is 517 g/mol. The molecule has 38 heavy (non-hydrogen) atoms. The van der Waals surface area contributed by atoms with Crippen molar-refractivity contribution in [3.8, 4) is 5.75 Å². The summed E-state index contributed by atoms with van der Waals surface area (Å²) in [5, 5.41) is 7.07. The Labute approximate surface area is 219 Å². The van der Waals surface area contributed by atoms with Crippen molar-refractivity contribution in [3.05, 3.63) is 71.7 Å². The van der Waals surface area contributed by atoms with Gasteiger partial charge in [0.05, 0.1) is 23.7 Å². The van der Waals surface area contributed by atoms with Gasteiger partial charge in [0.25, 0.3) is 5.91 Å². The van der Waals surface area contributed by atoms with Crippen molar-refractivity contribution in [1.82, 2.24) is 14.9 Å². The van der Waals surface area contributed by atoms with Crippen LogP contribution < -0.4 is 26.1 Å². The fourth-order valence-electron chi connectivity index (χ4n) is 4.64. The van der Waals surface area contributed by atoms with Gasteiger partial charge in [0.1, 0.15) is 11.5 Å². The second kappa shape index (κ2) is 10.5. The van der Waals surface area contributed by atoms with Gasteiger partial charge in [-0.15, -0.1) is 0 Å². The molecule has 10 heteroatoms. The highest BCUT2D eigenvalue weighted by Crippen LogP contribution is 2.33. The van der Waals surface area contributed by atoms with Crippen LogP contribution in [-0.2, 0) is 0 Å².